The molecule has 0 radical (unpaired) electrons. The SMILES string of the molecule is Cc1nc(N)cc(C#N)n1. The van der Waals surface area contributed by atoms with Crippen LogP contribution in [0.3, 0.4) is 0 Å². The van der Waals surface area contributed by atoms with E-state index in [1.165, 1.54) is 6.07 Å². The van der Waals surface area contributed by atoms with Crippen molar-refractivity contribution in [2.45, 2.75) is 6.92 Å². The first kappa shape index (κ1) is 6.49. The molecule has 0 saturated heterocycles. The first-order chi connectivity index (χ1) is 4.72. The van der Waals surface area contributed by atoms with Gasteiger partial charge in [-0.05, 0) is 6.92 Å². The summed E-state index contributed by atoms with van der Waals surface area (Å²) in [7, 11) is 0. The molecule has 1 aromatic heterocycles. The summed E-state index contributed by atoms with van der Waals surface area (Å²) < 4.78 is 0. The van der Waals surface area contributed by atoms with Crippen LogP contribution in [0.15, 0.2) is 6.07 Å². The molecule has 0 spiro atoms. The van der Waals surface area contributed by atoms with Gasteiger partial charge >= 0.3 is 0 Å². The molecule has 0 amide bonds. The molecule has 1 heterocycles. The van der Waals surface area contributed by atoms with Crippen LogP contribution in [0.2, 0.25) is 0 Å². The highest BCUT2D eigenvalue weighted by atomic mass is 14.9. The number of nitriles is 1. The van der Waals surface area contributed by atoms with Crippen LogP contribution in [0.1, 0.15) is 11.5 Å². The van der Waals surface area contributed by atoms with Gasteiger partial charge in [-0.15, -0.1) is 0 Å². The van der Waals surface area contributed by atoms with Gasteiger partial charge in [0.25, 0.3) is 0 Å². The van der Waals surface area contributed by atoms with Crippen LogP contribution < -0.4 is 5.73 Å². The summed E-state index contributed by atoms with van der Waals surface area (Å²) in [6, 6.07) is 3.32. The van der Waals surface area contributed by atoms with Crippen molar-refractivity contribution in [2.75, 3.05) is 5.73 Å². The van der Waals surface area contributed by atoms with E-state index < -0.39 is 0 Å². The van der Waals surface area contributed by atoms with Crippen molar-refractivity contribution in [3.63, 3.8) is 0 Å². The Morgan fingerprint density at radius 1 is 1.60 bits per heavy atom. The number of hydrogen-bond donors (Lipinski definition) is 1. The molecule has 50 valence electrons. The highest BCUT2D eigenvalue weighted by Gasteiger charge is 1.95. The Morgan fingerprint density at radius 3 is 2.80 bits per heavy atom. The van der Waals surface area contributed by atoms with Gasteiger partial charge in [0.15, 0.2) is 0 Å². The molecule has 0 fully saturated rings. The second-order valence-electron chi connectivity index (χ2n) is 1.84. The number of nitrogens with zero attached hydrogens (tertiary/aromatic N) is 3. The highest BCUT2D eigenvalue weighted by Crippen LogP contribution is 1.99. The van der Waals surface area contributed by atoms with Crippen molar-refractivity contribution in [1.29, 1.82) is 5.26 Å². The summed E-state index contributed by atoms with van der Waals surface area (Å²) in [5.41, 5.74) is 5.64. The number of aryl methyl sites for hydroxylation is 1. The van der Waals surface area contributed by atoms with Gasteiger partial charge in [-0.2, -0.15) is 5.26 Å². The topological polar surface area (TPSA) is 75.6 Å². The average molecular weight is 134 g/mol. The molecular weight excluding hydrogens is 128 g/mol. The van der Waals surface area contributed by atoms with Crippen LogP contribution in [0.25, 0.3) is 0 Å². The third kappa shape index (κ3) is 1.20. The Morgan fingerprint density at radius 2 is 2.30 bits per heavy atom. The molecule has 0 aromatic carbocycles. The zero-order valence-corrected chi connectivity index (χ0v) is 5.50. The Bertz CT molecular complexity index is 266. The summed E-state index contributed by atoms with van der Waals surface area (Å²) in [6.45, 7) is 1.69. The van der Waals surface area contributed by atoms with E-state index in [-0.39, 0.29) is 0 Å². The fourth-order valence-corrected chi connectivity index (χ4v) is 0.648. The smallest absolute Gasteiger partial charge is 0.146 e. The third-order valence-corrected chi connectivity index (χ3v) is 0.972. The van der Waals surface area contributed by atoms with Gasteiger partial charge in [-0.1, -0.05) is 0 Å². The van der Waals surface area contributed by atoms with E-state index in [1.807, 2.05) is 6.07 Å². The lowest BCUT2D eigenvalue weighted by atomic mass is 10.4. The Kier molecular flexibility index (Phi) is 1.50. The molecule has 0 saturated carbocycles. The van der Waals surface area contributed by atoms with Gasteiger partial charge in [0.05, 0.1) is 0 Å². The third-order valence-electron chi connectivity index (χ3n) is 0.972. The van der Waals surface area contributed by atoms with E-state index >= 15 is 0 Å². The largest absolute Gasteiger partial charge is 0.384 e. The van der Waals surface area contributed by atoms with Gasteiger partial charge in [0.1, 0.15) is 23.4 Å². The Hall–Kier alpha value is -1.63. The fourth-order valence-electron chi connectivity index (χ4n) is 0.648. The second kappa shape index (κ2) is 2.31. The Labute approximate surface area is 58.3 Å². The van der Waals surface area contributed by atoms with Crippen molar-refractivity contribution >= 4 is 5.82 Å². The number of anilines is 1. The lowest BCUT2D eigenvalue weighted by Gasteiger charge is -1.93. The second-order valence-corrected chi connectivity index (χ2v) is 1.84. The highest BCUT2D eigenvalue weighted by molar-refractivity contribution is 5.34. The molecule has 0 aliphatic carbocycles. The normalized spacial score (nSPS) is 8.80. The predicted octanol–water partition coefficient (Wildman–Crippen LogP) is 0.239. The maximum atomic E-state index is 8.39. The van der Waals surface area contributed by atoms with E-state index in [0.29, 0.717) is 17.3 Å². The number of aromatic nitrogens is 2. The maximum absolute atomic E-state index is 8.39. The molecule has 0 unspecified atom stereocenters. The summed E-state index contributed by atoms with van der Waals surface area (Å²) >= 11 is 0. The van der Waals surface area contributed by atoms with Gasteiger partial charge in [0.2, 0.25) is 0 Å². The number of rotatable bonds is 0. The van der Waals surface area contributed by atoms with Gasteiger partial charge in [-0.3, -0.25) is 0 Å². The minimum Gasteiger partial charge on any atom is -0.384 e. The number of nitrogens with two attached hydrogens (primary N) is 1. The van der Waals surface area contributed by atoms with Crippen LogP contribution in [0.5, 0.6) is 0 Å². The molecule has 1 aromatic rings. The van der Waals surface area contributed by atoms with Gasteiger partial charge in [0, 0.05) is 6.07 Å². The van der Waals surface area contributed by atoms with Crippen LogP contribution >= 0.6 is 0 Å². The lowest BCUT2D eigenvalue weighted by Crippen LogP contribution is -1.96. The first-order valence-corrected chi connectivity index (χ1v) is 2.73. The van der Waals surface area contributed by atoms with Crippen molar-refractivity contribution < 1.29 is 0 Å². The van der Waals surface area contributed by atoms with Crippen molar-refractivity contribution in [3.05, 3.63) is 17.6 Å². The quantitative estimate of drug-likeness (QED) is 0.551. The zero-order chi connectivity index (χ0) is 7.56. The lowest BCUT2D eigenvalue weighted by molar-refractivity contribution is 1.04. The zero-order valence-electron chi connectivity index (χ0n) is 5.50. The first-order valence-electron chi connectivity index (χ1n) is 2.73. The van der Waals surface area contributed by atoms with Gasteiger partial charge in [-0.25, -0.2) is 9.97 Å². The summed E-state index contributed by atoms with van der Waals surface area (Å²) in [5.74, 6) is 0.862. The molecule has 4 heteroatoms. The van der Waals surface area contributed by atoms with Crippen LogP contribution in [0.4, 0.5) is 5.82 Å². The molecule has 4 nitrogen and oxygen atoms in total. The predicted molar refractivity (Wildman–Crippen MR) is 35.9 cm³/mol. The molecule has 0 bridgehead atoms. The van der Waals surface area contributed by atoms with Crippen molar-refractivity contribution in [3.8, 4) is 6.07 Å². The van der Waals surface area contributed by atoms with E-state index in [2.05, 4.69) is 9.97 Å². The van der Waals surface area contributed by atoms with E-state index in [1.54, 1.807) is 6.92 Å². The average Bonchev–Trinajstić information content (AvgIpc) is 1.85. The summed E-state index contributed by atoms with van der Waals surface area (Å²) in [4.78, 5) is 7.60. The summed E-state index contributed by atoms with van der Waals surface area (Å²) in [6.07, 6.45) is 0. The fraction of sp³-hybridized carbons (Fsp3) is 0.167. The minimum absolute atomic E-state index is 0.310. The van der Waals surface area contributed by atoms with Crippen LogP contribution in [0, 0.1) is 18.3 Å². The van der Waals surface area contributed by atoms with Crippen LogP contribution in [-0.2, 0) is 0 Å². The van der Waals surface area contributed by atoms with Gasteiger partial charge < -0.3 is 5.73 Å². The number of nitrogen functional groups attached to an aromatic ring is 1. The molecular formula is C6H6N4. The molecule has 1 rings (SSSR count). The standard InChI is InChI=1S/C6H6N4/c1-4-9-5(3-7)2-6(8)10-4/h2H,1H3,(H2,8,9,10). The summed E-state index contributed by atoms with van der Waals surface area (Å²) in [5, 5.41) is 8.39. The minimum atomic E-state index is 0.310. The molecule has 0 aliphatic rings. The number of hydrogen-bond acceptors (Lipinski definition) is 4. The molecule has 2 N–H and O–H groups in total. The van der Waals surface area contributed by atoms with E-state index in [0.717, 1.165) is 0 Å². The molecule has 0 atom stereocenters. The Balaban J connectivity index is 3.22. The van der Waals surface area contributed by atoms with E-state index in [9.17, 15) is 0 Å². The van der Waals surface area contributed by atoms with Crippen molar-refractivity contribution in [1.82, 2.24) is 9.97 Å². The molecule has 10 heavy (non-hydrogen) atoms. The molecule has 0 aliphatic heterocycles. The maximum Gasteiger partial charge on any atom is 0.146 e. The monoisotopic (exact) mass is 134 g/mol. The van der Waals surface area contributed by atoms with Crippen molar-refractivity contribution in [2.24, 2.45) is 0 Å². The van der Waals surface area contributed by atoms with Crippen LogP contribution in [-0.4, -0.2) is 9.97 Å². The van der Waals surface area contributed by atoms with E-state index in [4.69, 9.17) is 11.0 Å².